The molecule has 37 heavy (non-hydrogen) atoms. The quantitative estimate of drug-likeness (QED) is 0.547. The summed E-state index contributed by atoms with van der Waals surface area (Å²) < 4.78 is 47.2. The molecule has 3 heterocycles. The number of hydrogen-bond acceptors (Lipinski definition) is 8. The average Bonchev–Trinajstić information content (AvgIpc) is 3.37. The van der Waals surface area contributed by atoms with Gasteiger partial charge in [-0.1, -0.05) is 19.9 Å². The van der Waals surface area contributed by atoms with Crippen LogP contribution >= 0.6 is 0 Å². The number of hydrogen-bond donors (Lipinski definition) is 2. The molecule has 3 aliphatic rings. The highest BCUT2D eigenvalue weighted by molar-refractivity contribution is 7.90. The number of methoxy groups -OCH3 is 1. The largest absolute Gasteiger partial charge is 0.494 e. The summed E-state index contributed by atoms with van der Waals surface area (Å²) in [5.41, 5.74) is -0.0713. The van der Waals surface area contributed by atoms with Crippen LogP contribution < -0.4 is 16.1 Å². The zero-order chi connectivity index (χ0) is 27.3. The highest BCUT2D eigenvalue weighted by Gasteiger charge is 2.52. The molecule has 2 fully saturated rings. The first kappa shape index (κ1) is 27.4. The minimum absolute atomic E-state index is 0.0415. The Morgan fingerprint density at radius 1 is 1.22 bits per heavy atom. The number of anilines is 1. The minimum atomic E-state index is -4.01. The number of fused-ring (bicyclic) bond motifs is 1. The number of amidine groups is 1. The van der Waals surface area contributed by atoms with Crippen molar-refractivity contribution in [3.05, 3.63) is 18.2 Å². The third kappa shape index (κ3) is 5.08. The fourth-order valence-corrected chi connectivity index (χ4v) is 5.82. The third-order valence-corrected chi connectivity index (χ3v) is 8.88. The molecule has 0 radical (unpaired) electrons. The van der Waals surface area contributed by atoms with Crippen LogP contribution in [-0.2, 0) is 28.9 Å². The van der Waals surface area contributed by atoms with Crippen molar-refractivity contribution in [2.75, 3.05) is 19.0 Å². The molecule has 1 aromatic rings. The maximum absolute atomic E-state index is 13.4. The third-order valence-electron chi connectivity index (χ3n) is 7.53. The first-order valence-corrected chi connectivity index (χ1v) is 13.9. The average molecular weight is 534 g/mol. The number of benzene rings is 1. The maximum Gasteiger partial charge on any atom is 0.494 e. The Labute approximate surface area is 218 Å². The van der Waals surface area contributed by atoms with E-state index in [1.807, 2.05) is 41.5 Å². The number of amides is 2. The van der Waals surface area contributed by atoms with Gasteiger partial charge in [-0.05, 0) is 64.1 Å². The molecular weight excluding hydrogens is 499 g/mol. The number of alkyl carbamates (subject to hydrolysis) is 1. The molecule has 2 saturated heterocycles. The van der Waals surface area contributed by atoms with Crippen LogP contribution in [0, 0.1) is 5.92 Å². The van der Waals surface area contributed by atoms with Gasteiger partial charge in [0.15, 0.2) is 0 Å². The van der Waals surface area contributed by atoms with E-state index < -0.39 is 46.5 Å². The van der Waals surface area contributed by atoms with E-state index in [9.17, 15) is 18.0 Å². The molecule has 13 heteroatoms. The Morgan fingerprint density at radius 3 is 2.46 bits per heavy atom. The summed E-state index contributed by atoms with van der Waals surface area (Å²) in [5.74, 6) is -0.354. The van der Waals surface area contributed by atoms with Crippen molar-refractivity contribution < 1.29 is 32.1 Å². The summed E-state index contributed by atoms with van der Waals surface area (Å²) >= 11 is 0. The Hall–Kier alpha value is -2.64. The number of carbonyl (C=O) groups is 2. The Bertz CT molecular complexity index is 1220. The van der Waals surface area contributed by atoms with Crippen molar-refractivity contribution in [3.8, 4) is 0 Å². The van der Waals surface area contributed by atoms with Crippen LogP contribution in [0.5, 0.6) is 0 Å². The van der Waals surface area contributed by atoms with Crippen molar-refractivity contribution in [1.29, 1.82) is 0 Å². The molecule has 2 unspecified atom stereocenters. The van der Waals surface area contributed by atoms with Crippen LogP contribution in [0.1, 0.15) is 54.4 Å². The van der Waals surface area contributed by atoms with E-state index in [-0.39, 0.29) is 22.6 Å². The van der Waals surface area contributed by atoms with Gasteiger partial charge in [-0.25, -0.2) is 4.79 Å². The molecule has 4 rings (SSSR count). The summed E-state index contributed by atoms with van der Waals surface area (Å²) in [7, 11) is -3.44. The van der Waals surface area contributed by atoms with Crippen molar-refractivity contribution in [2.24, 2.45) is 10.3 Å². The first-order chi connectivity index (χ1) is 17.2. The van der Waals surface area contributed by atoms with E-state index in [4.69, 9.17) is 9.31 Å². The van der Waals surface area contributed by atoms with Crippen molar-refractivity contribution in [2.45, 2.75) is 82.6 Å². The van der Waals surface area contributed by atoms with Gasteiger partial charge >= 0.3 is 13.2 Å². The fourth-order valence-electron chi connectivity index (χ4n) is 4.67. The van der Waals surface area contributed by atoms with Crippen molar-refractivity contribution in [3.63, 3.8) is 0 Å². The number of carbonyl (C=O) groups excluding carboxylic acids is 2. The normalized spacial score (nSPS) is 24.2. The van der Waals surface area contributed by atoms with E-state index in [0.29, 0.717) is 30.5 Å². The number of likely N-dealkylation sites (tertiary alicyclic amines) is 1. The topological polar surface area (TPSA) is 136 Å². The lowest BCUT2D eigenvalue weighted by Gasteiger charge is -2.32. The summed E-state index contributed by atoms with van der Waals surface area (Å²) in [4.78, 5) is 26.9. The van der Waals surface area contributed by atoms with Gasteiger partial charge in [-0.15, -0.1) is 4.40 Å². The Balaban J connectivity index is 1.61. The van der Waals surface area contributed by atoms with Gasteiger partial charge in [0, 0.05) is 6.54 Å². The van der Waals surface area contributed by atoms with E-state index in [2.05, 4.69) is 19.8 Å². The number of sulfonamides is 1. The molecule has 1 aromatic carbocycles. The van der Waals surface area contributed by atoms with Crippen molar-refractivity contribution in [1.82, 2.24) is 10.2 Å². The van der Waals surface area contributed by atoms with Crippen LogP contribution in [0.15, 0.2) is 27.5 Å². The molecule has 0 spiro atoms. The van der Waals surface area contributed by atoms with E-state index >= 15 is 0 Å². The molecule has 0 aliphatic carbocycles. The second-order valence-corrected chi connectivity index (χ2v) is 12.5. The van der Waals surface area contributed by atoms with Crippen LogP contribution in [-0.4, -0.2) is 75.2 Å². The molecule has 0 aromatic heterocycles. The van der Waals surface area contributed by atoms with Crippen molar-refractivity contribution >= 4 is 46.1 Å². The molecule has 3 aliphatic heterocycles. The summed E-state index contributed by atoms with van der Waals surface area (Å²) in [6.45, 7) is 11.8. The molecule has 0 saturated carbocycles. The minimum Gasteiger partial charge on any atom is -0.453 e. The smallest absolute Gasteiger partial charge is 0.453 e. The predicted octanol–water partition coefficient (Wildman–Crippen LogP) is 1.87. The highest BCUT2D eigenvalue weighted by atomic mass is 32.2. The summed E-state index contributed by atoms with van der Waals surface area (Å²) in [6, 6.07) is 3.44. The van der Waals surface area contributed by atoms with Gasteiger partial charge in [-0.3, -0.25) is 4.79 Å². The van der Waals surface area contributed by atoms with E-state index in [1.165, 1.54) is 13.2 Å². The second-order valence-electron chi connectivity index (χ2n) is 11.0. The van der Waals surface area contributed by atoms with Gasteiger partial charge in [0.25, 0.3) is 10.0 Å². The first-order valence-electron chi connectivity index (χ1n) is 12.4. The van der Waals surface area contributed by atoms with Crippen LogP contribution in [0.4, 0.5) is 10.5 Å². The zero-order valence-electron chi connectivity index (χ0n) is 22.3. The van der Waals surface area contributed by atoms with E-state index in [1.54, 1.807) is 17.0 Å². The molecule has 2 amide bonds. The van der Waals surface area contributed by atoms with Crippen LogP contribution in [0.3, 0.4) is 0 Å². The molecule has 0 bridgehead atoms. The lowest BCUT2D eigenvalue weighted by atomic mass is 9.79. The van der Waals surface area contributed by atoms with E-state index in [0.717, 1.165) is 0 Å². The molecule has 202 valence electrons. The maximum atomic E-state index is 13.4. The predicted molar refractivity (Wildman–Crippen MR) is 139 cm³/mol. The van der Waals surface area contributed by atoms with Gasteiger partial charge in [0.2, 0.25) is 5.91 Å². The highest BCUT2D eigenvalue weighted by Crippen LogP contribution is 2.37. The molecule has 11 nitrogen and oxygen atoms in total. The number of ether oxygens (including phenoxy) is 1. The zero-order valence-corrected chi connectivity index (χ0v) is 23.1. The number of nitrogens with zero attached hydrogens (tertiary/aromatic N) is 2. The second kappa shape index (κ2) is 9.59. The fraction of sp³-hybridized carbons (Fsp3) is 0.625. The van der Waals surface area contributed by atoms with Gasteiger partial charge in [-0.2, -0.15) is 8.42 Å². The molecular formula is C24H35BN4O7S. The molecule has 2 N–H and O–H groups in total. The standard InChI is InChI=1S/C24H35BN4O7S/c1-14(2)19(27-22(31)34-7)21(30)29-12-8-9-17(29)20-26-16-13-15(10-11-18(16)37(32,33)28-20)25-35-23(3,4)24(5,6)36-25/h10-11,13-14,17,19H,8-9,12H2,1-7H3,(H,26,28)(H,27,31). The number of nitrogens with one attached hydrogen (secondary N) is 2. The summed E-state index contributed by atoms with van der Waals surface area (Å²) in [5, 5.41) is 5.75. The number of rotatable bonds is 5. The van der Waals surface area contributed by atoms with Crippen LogP contribution in [0.25, 0.3) is 0 Å². The Kier molecular flexibility index (Phi) is 7.10. The summed E-state index contributed by atoms with van der Waals surface area (Å²) in [6.07, 6.45) is 0.492. The van der Waals surface area contributed by atoms with Gasteiger partial charge in [0.05, 0.1) is 30.0 Å². The van der Waals surface area contributed by atoms with Gasteiger partial charge < -0.3 is 29.6 Å². The SMILES string of the molecule is COC(=O)NC(C(=O)N1CCCC1C1=NS(=O)(=O)c2ccc(B3OC(C)(C)C(C)(C)O3)cc2N1)C(C)C. The lowest BCUT2D eigenvalue weighted by Crippen LogP contribution is -2.54. The Morgan fingerprint density at radius 2 is 1.86 bits per heavy atom. The molecule has 2 atom stereocenters. The monoisotopic (exact) mass is 534 g/mol. The van der Waals surface area contributed by atoms with Gasteiger partial charge in [0.1, 0.15) is 16.8 Å². The van der Waals surface area contributed by atoms with Crippen LogP contribution in [0.2, 0.25) is 0 Å². The lowest BCUT2D eigenvalue weighted by molar-refractivity contribution is -0.134.